The first-order valence-corrected chi connectivity index (χ1v) is 6.64. The highest BCUT2D eigenvalue weighted by atomic mass is 79.9. The Bertz CT molecular complexity index is 481. The zero-order valence-electron chi connectivity index (χ0n) is 10.1. The Kier molecular flexibility index (Phi) is 4.78. The van der Waals surface area contributed by atoms with Gasteiger partial charge in [-0.2, -0.15) is 5.10 Å². The standard InChI is InChI=1S/C13H16BrN3O/c14-12-4-2-11(3-5-12)10-18-9-1-7-17-8-6-13(15)16-17/h2-6,8H,1,7,9-10H2,(H2,15,16). The Morgan fingerprint density at radius 1 is 1.22 bits per heavy atom. The quantitative estimate of drug-likeness (QED) is 0.835. The van der Waals surface area contributed by atoms with Gasteiger partial charge in [0.25, 0.3) is 0 Å². The highest BCUT2D eigenvalue weighted by molar-refractivity contribution is 9.10. The molecule has 1 aromatic heterocycles. The van der Waals surface area contributed by atoms with Crippen molar-refractivity contribution in [2.75, 3.05) is 12.3 Å². The molecule has 0 aliphatic carbocycles. The van der Waals surface area contributed by atoms with Gasteiger partial charge in [-0.15, -0.1) is 0 Å². The molecule has 2 rings (SSSR count). The third kappa shape index (κ3) is 4.16. The summed E-state index contributed by atoms with van der Waals surface area (Å²) in [6, 6.07) is 9.94. The van der Waals surface area contributed by atoms with Gasteiger partial charge in [0.2, 0.25) is 0 Å². The molecule has 0 aliphatic heterocycles. The van der Waals surface area contributed by atoms with Crippen LogP contribution in [0.25, 0.3) is 0 Å². The van der Waals surface area contributed by atoms with Crippen LogP contribution in [0.1, 0.15) is 12.0 Å². The summed E-state index contributed by atoms with van der Waals surface area (Å²) in [6.45, 7) is 2.20. The number of nitrogen functional groups attached to an aromatic ring is 1. The highest BCUT2D eigenvalue weighted by Gasteiger charge is 1.96. The minimum atomic E-state index is 0.561. The highest BCUT2D eigenvalue weighted by Crippen LogP contribution is 2.11. The number of benzene rings is 1. The van der Waals surface area contributed by atoms with Gasteiger partial charge in [0.1, 0.15) is 5.82 Å². The lowest BCUT2D eigenvalue weighted by atomic mass is 10.2. The number of hydrogen-bond donors (Lipinski definition) is 1. The van der Waals surface area contributed by atoms with Crippen molar-refractivity contribution in [3.63, 3.8) is 0 Å². The molecule has 2 N–H and O–H groups in total. The summed E-state index contributed by atoms with van der Waals surface area (Å²) >= 11 is 3.41. The van der Waals surface area contributed by atoms with E-state index in [4.69, 9.17) is 10.5 Å². The summed E-state index contributed by atoms with van der Waals surface area (Å²) in [6.07, 6.45) is 2.81. The number of nitrogens with zero attached hydrogens (tertiary/aromatic N) is 2. The predicted molar refractivity (Wildman–Crippen MR) is 75.1 cm³/mol. The molecule has 4 nitrogen and oxygen atoms in total. The molecule has 1 aromatic carbocycles. The molecular weight excluding hydrogens is 294 g/mol. The normalized spacial score (nSPS) is 10.7. The molecule has 0 saturated heterocycles. The van der Waals surface area contributed by atoms with E-state index < -0.39 is 0 Å². The van der Waals surface area contributed by atoms with E-state index in [9.17, 15) is 0 Å². The van der Waals surface area contributed by atoms with Crippen molar-refractivity contribution >= 4 is 21.7 Å². The van der Waals surface area contributed by atoms with Crippen molar-refractivity contribution < 1.29 is 4.74 Å². The SMILES string of the molecule is Nc1ccn(CCCOCc2ccc(Br)cc2)n1. The second kappa shape index (κ2) is 6.56. The van der Waals surface area contributed by atoms with Crippen LogP contribution >= 0.6 is 15.9 Å². The van der Waals surface area contributed by atoms with Crippen LogP contribution in [0.5, 0.6) is 0 Å². The van der Waals surface area contributed by atoms with E-state index in [-0.39, 0.29) is 0 Å². The van der Waals surface area contributed by atoms with Crippen LogP contribution < -0.4 is 5.73 Å². The third-order valence-corrected chi connectivity index (χ3v) is 3.05. The minimum absolute atomic E-state index is 0.561. The number of hydrogen-bond acceptors (Lipinski definition) is 3. The minimum Gasteiger partial charge on any atom is -0.382 e. The number of anilines is 1. The molecule has 0 bridgehead atoms. The Morgan fingerprint density at radius 3 is 2.67 bits per heavy atom. The fourth-order valence-electron chi connectivity index (χ4n) is 1.60. The maximum absolute atomic E-state index is 5.60. The third-order valence-electron chi connectivity index (χ3n) is 2.52. The number of halogens is 1. The zero-order chi connectivity index (χ0) is 12.8. The largest absolute Gasteiger partial charge is 0.382 e. The molecule has 96 valence electrons. The maximum Gasteiger partial charge on any atom is 0.145 e. The Labute approximate surface area is 115 Å². The predicted octanol–water partition coefficient (Wildman–Crippen LogP) is 2.83. The summed E-state index contributed by atoms with van der Waals surface area (Å²) in [7, 11) is 0. The lowest BCUT2D eigenvalue weighted by Crippen LogP contribution is -2.04. The average Bonchev–Trinajstić information content (AvgIpc) is 2.77. The van der Waals surface area contributed by atoms with E-state index in [2.05, 4.69) is 33.2 Å². The van der Waals surface area contributed by atoms with Crippen LogP contribution in [-0.4, -0.2) is 16.4 Å². The van der Waals surface area contributed by atoms with Crippen molar-refractivity contribution in [1.29, 1.82) is 0 Å². The second-order valence-corrected chi connectivity index (χ2v) is 4.95. The molecule has 2 aromatic rings. The molecule has 1 heterocycles. The fraction of sp³-hybridized carbons (Fsp3) is 0.308. The summed E-state index contributed by atoms with van der Waals surface area (Å²) in [5, 5.41) is 4.11. The number of aromatic nitrogens is 2. The molecule has 5 heteroatoms. The van der Waals surface area contributed by atoms with Gasteiger partial charge in [0, 0.05) is 23.8 Å². The van der Waals surface area contributed by atoms with E-state index in [1.54, 1.807) is 6.07 Å². The molecular formula is C13H16BrN3O. The number of aryl methyl sites for hydroxylation is 1. The van der Waals surface area contributed by atoms with Crippen LogP contribution in [0.15, 0.2) is 41.0 Å². The monoisotopic (exact) mass is 309 g/mol. The van der Waals surface area contributed by atoms with Crippen LogP contribution in [0.3, 0.4) is 0 Å². The van der Waals surface area contributed by atoms with Crippen LogP contribution in [0.2, 0.25) is 0 Å². The van der Waals surface area contributed by atoms with Crippen molar-refractivity contribution in [2.24, 2.45) is 0 Å². The summed E-state index contributed by atoms with van der Waals surface area (Å²) in [4.78, 5) is 0. The number of rotatable bonds is 6. The van der Waals surface area contributed by atoms with E-state index in [0.29, 0.717) is 12.4 Å². The van der Waals surface area contributed by atoms with Gasteiger partial charge in [-0.25, -0.2) is 0 Å². The summed E-state index contributed by atoms with van der Waals surface area (Å²) < 4.78 is 8.52. The van der Waals surface area contributed by atoms with E-state index in [1.165, 1.54) is 5.56 Å². The first-order valence-electron chi connectivity index (χ1n) is 5.85. The van der Waals surface area contributed by atoms with Crippen molar-refractivity contribution in [1.82, 2.24) is 9.78 Å². The van der Waals surface area contributed by atoms with E-state index >= 15 is 0 Å². The first-order chi connectivity index (χ1) is 8.74. The molecule has 0 saturated carbocycles. The van der Waals surface area contributed by atoms with Crippen LogP contribution in [-0.2, 0) is 17.9 Å². The van der Waals surface area contributed by atoms with Gasteiger partial charge in [-0.1, -0.05) is 28.1 Å². The number of nitrogens with two attached hydrogens (primary N) is 1. The Hall–Kier alpha value is -1.33. The van der Waals surface area contributed by atoms with Gasteiger partial charge in [0.15, 0.2) is 0 Å². The molecule has 0 atom stereocenters. The van der Waals surface area contributed by atoms with Gasteiger partial charge >= 0.3 is 0 Å². The van der Waals surface area contributed by atoms with Crippen LogP contribution in [0.4, 0.5) is 5.82 Å². The van der Waals surface area contributed by atoms with Crippen molar-refractivity contribution in [3.05, 3.63) is 46.6 Å². The van der Waals surface area contributed by atoms with Gasteiger partial charge in [0.05, 0.1) is 6.61 Å². The average molecular weight is 310 g/mol. The maximum atomic E-state index is 5.60. The van der Waals surface area contributed by atoms with Gasteiger partial charge in [-0.05, 0) is 30.2 Å². The van der Waals surface area contributed by atoms with Crippen molar-refractivity contribution in [2.45, 2.75) is 19.6 Å². The van der Waals surface area contributed by atoms with Gasteiger partial charge in [-0.3, -0.25) is 4.68 Å². The first kappa shape index (κ1) is 13.1. The second-order valence-electron chi connectivity index (χ2n) is 4.04. The van der Waals surface area contributed by atoms with Crippen LogP contribution in [0, 0.1) is 0 Å². The van der Waals surface area contributed by atoms with Crippen molar-refractivity contribution in [3.8, 4) is 0 Å². The lowest BCUT2D eigenvalue weighted by molar-refractivity contribution is 0.115. The zero-order valence-corrected chi connectivity index (χ0v) is 11.6. The molecule has 0 amide bonds. The lowest BCUT2D eigenvalue weighted by Gasteiger charge is -2.05. The molecule has 0 fully saturated rings. The van der Waals surface area contributed by atoms with E-state index in [1.807, 2.05) is 23.0 Å². The molecule has 0 spiro atoms. The topological polar surface area (TPSA) is 53.1 Å². The smallest absolute Gasteiger partial charge is 0.145 e. The molecule has 0 unspecified atom stereocenters. The molecule has 0 aliphatic rings. The summed E-state index contributed by atoms with van der Waals surface area (Å²) in [5.41, 5.74) is 6.71. The van der Waals surface area contributed by atoms with Gasteiger partial charge < -0.3 is 10.5 Å². The summed E-state index contributed by atoms with van der Waals surface area (Å²) in [5.74, 6) is 0.561. The molecule has 18 heavy (non-hydrogen) atoms. The Balaban J connectivity index is 1.63. The number of ether oxygens (including phenoxy) is 1. The molecule has 0 radical (unpaired) electrons. The van der Waals surface area contributed by atoms with E-state index in [0.717, 1.165) is 24.0 Å². The fourth-order valence-corrected chi connectivity index (χ4v) is 1.87. The Morgan fingerprint density at radius 2 is 2.00 bits per heavy atom.